The highest BCUT2D eigenvalue weighted by molar-refractivity contribution is 5.85. The Morgan fingerprint density at radius 3 is 2.79 bits per heavy atom. The van der Waals surface area contributed by atoms with Gasteiger partial charge in [-0.2, -0.15) is 0 Å². The molecule has 1 fully saturated rings. The summed E-state index contributed by atoms with van der Waals surface area (Å²) in [5.41, 5.74) is 0.995. The highest BCUT2D eigenvalue weighted by atomic mass is 35.5. The van der Waals surface area contributed by atoms with Gasteiger partial charge >= 0.3 is 0 Å². The maximum Gasteiger partial charge on any atom is 0.221 e. The molecule has 0 saturated carbocycles. The molecule has 1 aliphatic heterocycles. The van der Waals surface area contributed by atoms with Crippen LogP contribution in [0.5, 0.6) is 0 Å². The van der Waals surface area contributed by atoms with Crippen molar-refractivity contribution >= 4 is 30.7 Å². The van der Waals surface area contributed by atoms with Gasteiger partial charge in [-0.3, -0.25) is 9.36 Å². The van der Waals surface area contributed by atoms with Crippen molar-refractivity contribution in [3.8, 4) is 5.82 Å². The Labute approximate surface area is 154 Å². The van der Waals surface area contributed by atoms with Gasteiger partial charge in [0.2, 0.25) is 5.91 Å². The SMILES string of the molecule is Cc1nccn1-c1ccc(CNC(=O)CC2CCCN2)cn1.Cl.Cl. The first-order chi connectivity index (χ1) is 10.7. The standard InChI is InChI=1S/C16H21N5O.2ClH/c1-12-17-7-8-21(12)15-5-4-13(10-19-15)11-20-16(22)9-14-3-2-6-18-14;;/h4-5,7-8,10,14,18H,2-3,6,9,11H2,1H3,(H,20,22);2*1H. The molecule has 0 aliphatic carbocycles. The van der Waals surface area contributed by atoms with Gasteiger partial charge < -0.3 is 10.6 Å². The number of aromatic nitrogens is 3. The van der Waals surface area contributed by atoms with Crippen LogP contribution < -0.4 is 10.6 Å². The van der Waals surface area contributed by atoms with Crippen LogP contribution in [-0.2, 0) is 11.3 Å². The van der Waals surface area contributed by atoms with Crippen molar-refractivity contribution in [3.63, 3.8) is 0 Å². The quantitative estimate of drug-likeness (QED) is 0.844. The minimum absolute atomic E-state index is 0. The van der Waals surface area contributed by atoms with E-state index < -0.39 is 0 Å². The van der Waals surface area contributed by atoms with Crippen molar-refractivity contribution in [2.75, 3.05) is 6.54 Å². The van der Waals surface area contributed by atoms with Crippen LogP contribution in [0.25, 0.3) is 5.82 Å². The average molecular weight is 372 g/mol. The summed E-state index contributed by atoms with van der Waals surface area (Å²) in [7, 11) is 0. The maximum absolute atomic E-state index is 11.9. The Balaban J connectivity index is 0.00000144. The van der Waals surface area contributed by atoms with E-state index in [1.807, 2.05) is 29.8 Å². The predicted octanol–water partition coefficient (Wildman–Crippen LogP) is 2.18. The van der Waals surface area contributed by atoms with Crippen LogP contribution in [0.2, 0.25) is 0 Å². The molecule has 1 aliphatic rings. The number of hydrogen-bond acceptors (Lipinski definition) is 4. The molecular weight excluding hydrogens is 349 g/mol. The summed E-state index contributed by atoms with van der Waals surface area (Å²) in [6, 6.07) is 4.26. The number of hydrogen-bond donors (Lipinski definition) is 2. The number of pyridine rings is 1. The second-order valence-electron chi connectivity index (χ2n) is 5.64. The minimum Gasteiger partial charge on any atom is -0.352 e. The molecule has 1 atom stereocenters. The van der Waals surface area contributed by atoms with Gasteiger partial charge in [0.15, 0.2) is 0 Å². The van der Waals surface area contributed by atoms with E-state index in [-0.39, 0.29) is 30.7 Å². The van der Waals surface area contributed by atoms with Crippen LogP contribution in [0.4, 0.5) is 0 Å². The zero-order valence-corrected chi connectivity index (χ0v) is 15.2. The highest BCUT2D eigenvalue weighted by Gasteiger charge is 2.17. The predicted molar refractivity (Wildman–Crippen MR) is 98.1 cm³/mol. The normalized spacial score (nSPS) is 16.1. The second-order valence-corrected chi connectivity index (χ2v) is 5.64. The number of imidazole rings is 1. The van der Waals surface area contributed by atoms with Gasteiger partial charge in [0.1, 0.15) is 11.6 Å². The monoisotopic (exact) mass is 371 g/mol. The van der Waals surface area contributed by atoms with Gasteiger partial charge in [0, 0.05) is 37.6 Å². The largest absolute Gasteiger partial charge is 0.352 e. The molecule has 6 nitrogen and oxygen atoms in total. The van der Waals surface area contributed by atoms with E-state index in [4.69, 9.17) is 0 Å². The van der Waals surface area contributed by atoms with Gasteiger partial charge in [-0.1, -0.05) is 6.07 Å². The molecule has 0 radical (unpaired) electrons. The van der Waals surface area contributed by atoms with Gasteiger partial charge in [-0.25, -0.2) is 9.97 Å². The van der Waals surface area contributed by atoms with E-state index in [1.165, 1.54) is 0 Å². The third-order valence-corrected chi connectivity index (χ3v) is 3.97. The lowest BCUT2D eigenvalue weighted by Gasteiger charge is -2.10. The summed E-state index contributed by atoms with van der Waals surface area (Å²) in [6.07, 6.45) is 8.24. The Bertz CT molecular complexity index is 638. The summed E-state index contributed by atoms with van der Waals surface area (Å²) in [4.78, 5) is 20.5. The molecule has 3 heterocycles. The molecule has 1 saturated heterocycles. The van der Waals surface area contributed by atoms with Crippen LogP contribution in [0.1, 0.15) is 30.7 Å². The molecule has 2 N–H and O–H groups in total. The van der Waals surface area contributed by atoms with Crippen LogP contribution in [0, 0.1) is 6.92 Å². The molecule has 24 heavy (non-hydrogen) atoms. The van der Waals surface area contributed by atoms with Crippen molar-refractivity contribution in [2.24, 2.45) is 0 Å². The maximum atomic E-state index is 11.9. The number of carbonyl (C=O) groups is 1. The van der Waals surface area contributed by atoms with Gasteiger partial charge in [0.05, 0.1) is 0 Å². The molecule has 1 unspecified atom stereocenters. The number of amides is 1. The fourth-order valence-corrected chi connectivity index (χ4v) is 2.71. The third-order valence-electron chi connectivity index (χ3n) is 3.97. The number of halogens is 2. The van der Waals surface area contributed by atoms with Crippen LogP contribution >= 0.6 is 24.8 Å². The fraction of sp³-hybridized carbons (Fsp3) is 0.438. The lowest BCUT2D eigenvalue weighted by Crippen LogP contribution is -2.31. The molecule has 0 aromatic carbocycles. The molecule has 2 aromatic heterocycles. The molecular formula is C16H23Cl2N5O. The summed E-state index contributed by atoms with van der Waals surface area (Å²) >= 11 is 0. The number of rotatable bonds is 5. The number of nitrogens with zero attached hydrogens (tertiary/aromatic N) is 3. The van der Waals surface area contributed by atoms with Gasteiger partial charge in [0.25, 0.3) is 0 Å². The smallest absolute Gasteiger partial charge is 0.221 e. The molecule has 0 spiro atoms. The zero-order valence-electron chi connectivity index (χ0n) is 13.6. The van der Waals surface area contributed by atoms with E-state index in [0.29, 0.717) is 19.0 Å². The number of carbonyl (C=O) groups excluding carboxylic acids is 1. The second kappa shape index (κ2) is 9.61. The molecule has 2 aromatic rings. The Hall–Kier alpha value is -1.63. The first kappa shape index (κ1) is 20.4. The highest BCUT2D eigenvalue weighted by Crippen LogP contribution is 2.10. The van der Waals surface area contributed by atoms with Gasteiger partial charge in [-0.15, -0.1) is 24.8 Å². The topological polar surface area (TPSA) is 71.8 Å². The molecule has 0 bridgehead atoms. The molecule has 132 valence electrons. The Kier molecular flexibility index (Phi) is 8.18. The summed E-state index contributed by atoms with van der Waals surface area (Å²) in [6.45, 7) is 3.48. The summed E-state index contributed by atoms with van der Waals surface area (Å²) < 4.78 is 1.92. The van der Waals surface area contributed by atoms with Crippen LogP contribution in [0.15, 0.2) is 30.7 Å². The van der Waals surface area contributed by atoms with Crippen molar-refractivity contribution in [1.82, 2.24) is 25.2 Å². The van der Waals surface area contributed by atoms with E-state index in [2.05, 4.69) is 20.6 Å². The van der Waals surface area contributed by atoms with Crippen molar-refractivity contribution in [1.29, 1.82) is 0 Å². The van der Waals surface area contributed by atoms with Crippen molar-refractivity contribution in [3.05, 3.63) is 42.1 Å². The van der Waals surface area contributed by atoms with E-state index >= 15 is 0 Å². The lowest BCUT2D eigenvalue weighted by molar-refractivity contribution is -0.121. The first-order valence-corrected chi connectivity index (χ1v) is 7.68. The first-order valence-electron chi connectivity index (χ1n) is 7.68. The zero-order chi connectivity index (χ0) is 15.4. The van der Waals surface area contributed by atoms with E-state index in [0.717, 1.165) is 36.6 Å². The molecule has 3 rings (SSSR count). The van der Waals surface area contributed by atoms with Crippen LogP contribution in [0.3, 0.4) is 0 Å². The summed E-state index contributed by atoms with van der Waals surface area (Å²) in [5.74, 6) is 1.83. The van der Waals surface area contributed by atoms with E-state index in [9.17, 15) is 4.79 Å². The van der Waals surface area contributed by atoms with Crippen molar-refractivity contribution in [2.45, 2.75) is 38.8 Å². The third kappa shape index (κ3) is 5.19. The van der Waals surface area contributed by atoms with Gasteiger partial charge in [-0.05, 0) is 37.9 Å². The summed E-state index contributed by atoms with van der Waals surface area (Å²) in [5, 5.41) is 6.29. The fourth-order valence-electron chi connectivity index (χ4n) is 2.71. The van der Waals surface area contributed by atoms with Crippen molar-refractivity contribution < 1.29 is 4.79 Å². The average Bonchev–Trinajstić information content (AvgIpc) is 3.17. The van der Waals surface area contributed by atoms with E-state index in [1.54, 1.807) is 12.4 Å². The molecule has 8 heteroatoms. The lowest BCUT2D eigenvalue weighted by atomic mass is 10.1. The number of aryl methyl sites for hydroxylation is 1. The minimum atomic E-state index is 0. The van der Waals surface area contributed by atoms with Crippen LogP contribution in [-0.4, -0.2) is 33.0 Å². The molecule has 1 amide bonds. The number of nitrogens with one attached hydrogen (secondary N) is 2. The Morgan fingerprint density at radius 2 is 2.21 bits per heavy atom. The Morgan fingerprint density at radius 1 is 1.38 bits per heavy atom.